The largest absolute Gasteiger partial charge is 0.493 e. The van der Waals surface area contributed by atoms with Crippen LogP contribution in [0.1, 0.15) is 28.4 Å². The summed E-state index contributed by atoms with van der Waals surface area (Å²) in [6.45, 7) is 3.96. The molecule has 0 fully saturated rings. The fraction of sp³-hybridized carbons (Fsp3) is 0.294. The van der Waals surface area contributed by atoms with Crippen LogP contribution < -0.4 is 9.47 Å². The minimum atomic E-state index is -0.707. The van der Waals surface area contributed by atoms with Crippen molar-refractivity contribution in [1.82, 2.24) is 0 Å². The van der Waals surface area contributed by atoms with Gasteiger partial charge in [0.15, 0.2) is 11.5 Å². The van der Waals surface area contributed by atoms with Crippen molar-refractivity contribution in [1.29, 1.82) is 0 Å². The summed E-state index contributed by atoms with van der Waals surface area (Å²) >= 11 is 3.50. The molecule has 0 spiro atoms. The third kappa shape index (κ3) is 3.22. The fourth-order valence-corrected chi connectivity index (χ4v) is 2.65. The van der Waals surface area contributed by atoms with Gasteiger partial charge < -0.3 is 14.6 Å². The molecule has 0 heterocycles. The minimum Gasteiger partial charge on any atom is -0.493 e. The van der Waals surface area contributed by atoms with Gasteiger partial charge in [-0.2, -0.15) is 0 Å². The average molecular weight is 351 g/mol. The molecule has 21 heavy (non-hydrogen) atoms. The van der Waals surface area contributed by atoms with Crippen LogP contribution >= 0.6 is 15.9 Å². The summed E-state index contributed by atoms with van der Waals surface area (Å²) in [5.74, 6) is 1.28. The summed E-state index contributed by atoms with van der Waals surface area (Å²) < 4.78 is 11.6. The Labute approximate surface area is 133 Å². The Bertz CT molecular complexity index is 653. The lowest BCUT2D eigenvalue weighted by molar-refractivity contribution is 0.218. The highest BCUT2D eigenvalue weighted by molar-refractivity contribution is 9.10. The summed E-state index contributed by atoms with van der Waals surface area (Å²) in [6, 6.07) is 9.56. The lowest BCUT2D eigenvalue weighted by Gasteiger charge is -2.18. The van der Waals surface area contributed by atoms with Crippen LogP contribution in [-0.2, 0) is 0 Å². The van der Waals surface area contributed by atoms with Gasteiger partial charge in [0.05, 0.1) is 14.2 Å². The molecule has 1 unspecified atom stereocenters. The molecule has 0 amide bonds. The standard InChI is InChI=1S/C17H19BrO3/c1-10-5-6-12(8-14(10)18)17(19)13-9-16(21-4)15(20-3)7-11(13)2/h5-9,17,19H,1-4H3. The molecule has 2 aromatic carbocycles. The van der Waals surface area contributed by atoms with Gasteiger partial charge >= 0.3 is 0 Å². The zero-order chi connectivity index (χ0) is 15.6. The zero-order valence-corrected chi connectivity index (χ0v) is 14.2. The SMILES string of the molecule is COc1cc(C)c(C(O)c2ccc(C)c(Br)c2)cc1OC. The van der Waals surface area contributed by atoms with E-state index in [0.717, 1.165) is 26.7 Å². The van der Waals surface area contributed by atoms with Crippen molar-refractivity contribution in [3.05, 3.63) is 57.1 Å². The number of methoxy groups -OCH3 is 2. The van der Waals surface area contributed by atoms with E-state index < -0.39 is 6.10 Å². The molecule has 0 aliphatic carbocycles. The normalized spacial score (nSPS) is 12.1. The summed E-state index contributed by atoms with van der Waals surface area (Å²) in [5.41, 5.74) is 3.73. The number of aryl methyl sites for hydroxylation is 2. The van der Waals surface area contributed by atoms with Crippen molar-refractivity contribution < 1.29 is 14.6 Å². The van der Waals surface area contributed by atoms with Gasteiger partial charge in [0.1, 0.15) is 6.10 Å². The number of halogens is 1. The second-order valence-electron chi connectivity index (χ2n) is 4.97. The Kier molecular flexibility index (Phi) is 4.91. The van der Waals surface area contributed by atoms with E-state index in [1.807, 2.05) is 44.2 Å². The van der Waals surface area contributed by atoms with Gasteiger partial charge in [-0.25, -0.2) is 0 Å². The number of ether oxygens (including phenoxy) is 2. The summed E-state index contributed by atoms with van der Waals surface area (Å²) in [6.07, 6.45) is -0.707. The molecule has 1 N–H and O–H groups in total. The molecule has 0 bridgehead atoms. The Morgan fingerprint density at radius 1 is 0.952 bits per heavy atom. The molecule has 2 aromatic rings. The van der Waals surface area contributed by atoms with Gasteiger partial charge in [0, 0.05) is 4.47 Å². The first-order chi connectivity index (χ1) is 9.97. The van der Waals surface area contributed by atoms with Gasteiger partial charge in [-0.05, 0) is 54.3 Å². The molecule has 2 rings (SSSR count). The maximum Gasteiger partial charge on any atom is 0.161 e. The quantitative estimate of drug-likeness (QED) is 0.899. The second kappa shape index (κ2) is 6.50. The van der Waals surface area contributed by atoms with Crippen LogP contribution in [0.15, 0.2) is 34.8 Å². The van der Waals surface area contributed by atoms with Crippen LogP contribution in [0.25, 0.3) is 0 Å². The molecular formula is C17H19BrO3. The number of benzene rings is 2. The molecule has 0 radical (unpaired) electrons. The summed E-state index contributed by atoms with van der Waals surface area (Å²) in [5, 5.41) is 10.7. The number of hydrogen-bond donors (Lipinski definition) is 1. The average Bonchev–Trinajstić information content (AvgIpc) is 2.49. The van der Waals surface area contributed by atoms with Crippen molar-refractivity contribution in [2.75, 3.05) is 14.2 Å². The van der Waals surface area contributed by atoms with E-state index in [9.17, 15) is 5.11 Å². The molecule has 0 aliphatic rings. The zero-order valence-electron chi connectivity index (χ0n) is 12.6. The first kappa shape index (κ1) is 15.9. The van der Waals surface area contributed by atoms with Crippen LogP contribution in [0, 0.1) is 13.8 Å². The van der Waals surface area contributed by atoms with Gasteiger partial charge in [-0.3, -0.25) is 0 Å². The topological polar surface area (TPSA) is 38.7 Å². The van der Waals surface area contributed by atoms with Crippen LogP contribution in [0.3, 0.4) is 0 Å². The van der Waals surface area contributed by atoms with Crippen molar-refractivity contribution in [3.8, 4) is 11.5 Å². The van der Waals surface area contributed by atoms with E-state index >= 15 is 0 Å². The molecule has 0 saturated carbocycles. The van der Waals surface area contributed by atoms with Gasteiger partial charge in [-0.1, -0.05) is 28.1 Å². The van der Waals surface area contributed by atoms with Crippen LogP contribution in [0.4, 0.5) is 0 Å². The molecule has 1 atom stereocenters. The number of aliphatic hydroxyl groups excluding tert-OH is 1. The Morgan fingerprint density at radius 2 is 1.57 bits per heavy atom. The predicted molar refractivity (Wildman–Crippen MR) is 87.2 cm³/mol. The molecule has 0 saturated heterocycles. The van der Waals surface area contributed by atoms with Crippen molar-refractivity contribution in [3.63, 3.8) is 0 Å². The first-order valence-corrected chi connectivity index (χ1v) is 7.44. The van der Waals surface area contributed by atoms with E-state index in [1.54, 1.807) is 14.2 Å². The molecule has 4 heteroatoms. The number of aliphatic hydroxyl groups is 1. The van der Waals surface area contributed by atoms with E-state index in [-0.39, 0.29) is 0 Å². The third-order valence-electron chi connectivity index (χ3n) is 3.58. The first-order valence-electron chi connectivity index (χ1n) is 6.64. The maximum absolute atomic E-state index is 10.7. The van der Waals surface area contributed by atoms with Gasteiger partial charge in [0.25, 0.3) is 0 Å². The van der Waals surface area contributed by atoms with E-state index in [2.05, 4.69) is 15.9 Å². The van der Waals surface area contributed by atoms with E-state index in [4.69, 9.17) is 9.47 Å². The molecule has 3 nitrogen and oxygen atoms in total. The summed E-state index contributed by atoms with van der Waals surface area (Å²) in [4.78, 5) is 0. The van der Waals surface area contributed by atoms with Crippen molar-refractivity contribution >= 4 is 15.9 Å². The highest BCUT2D eigenvalue weighted by Gasteiger charge is 2.17. The summed E-state index contributed by atoms with van der Waals surface area (Å²) in [7, 11) is 3.19. The Morgan fingerprint density at radius 3 is 2.14 bits per heavy atom. The highest BCUT2D eigenvalue weighted by Crippen LogP contribution is 2.35. The van der Waals surface area contributed by atoms with Gasteiger partial charge in [0.2, 0.25) is 0 Å². The second-order valence-corrected chi connectivity index (χ2v) is 5.83. The monoisotopic (exact) mass is 350 g/mol. The molecule has 0 aromatic heterocycles. The highest BCUT2D eigenvalue weighted by atomic mass is 79.9. The minimum absolute atomic E-state index is 0.614. The van der Waals surface area contributed by atoms with E-state index in [1.165, 1.54) is 0 Å². The molecule has 0 aliphatic heterocycles. The van der Waals surface area contributed by atoms with Gasteiger partial charge in [-0.15, -0.1) is 0 Å². The van der Waals surface area contributed by atoms with Crippen molar-refractivity contribution in [2.45, 2.75) is 20.0 Å². The fourth-order valence-electron chi connectivity index (χ4n) is 2.25. The number of rotatable bonds is 4. The van der Waals surface area contributed by atoms with Crippen LogP contribution in [0.2, 0.25) is 0 Å². The lowest BCUT2D eigenvalue weighted by atomic mass is 9.96. The lowest BCUT2D eigenvalue weighted by Crippen LogP contribution is -2.04. The maximum atomic E-state index is 10.7. The smallest absolute Gasteiger partial charge is 0.161 e. The van der Waals surface area contributed by atoms with E-state index in [0.29, 0.717) is 11.5 Å². The van der Waals surface area contributed by atoms with Crippen LogP contribution in [-0.4, -0.2) is 19.3 Å². The molecule has 112 valence electrons. The predicted octanol–water partition coefficient (Wildman–Crippen LogP) is 4.16. The third-order valence-corrected chi connectivity index (χ3v) is 4.43. The Hall–Kier alpha value is -1.52. The Balaban J connectivity index is 2.47. The van der Waals surface area contributed by atoms with Crippen LogP contribution in [0.5, 0.6) is 11.5 Å². The number of hydrogen-bond acceptors (Lipinski definition) is 3. The molecular weight excluding hydrogens is 332 g/mol. The van der Waals surface area contributed by atoms with Crippen molar-refractivity contribution in [2.24, 2.45) is 0 Å².